The van der Waals surface area contributed by atoms with E-state index in [0.29, 0.717) is 0 Å². The Morgan fingerprint density at radius 1 is 0.667 bits per heavy atom. The van der Waals surface area contributed by atoms with E-state index in [-0.39, 0.29) is 0 Å². The lowest BCUT2D eigenvalue weighted by molar-refractivity contribution is 0.943. The van der Waals surface area contributed by atoms with Gasteiger partial charge in [-0.1, -0.05) is 114 Å². The summed E-state index contributed by atoms with van der Waals surface area (Å²) in [5, 5.41) is 4.27. The lowest BCUT2D eigenvalue weighted by Gasteiger charge is -2.29. The molecule has 1 heteroatoms. The Labute approximate surface area is 183 Å². The SMILES string of the molecule is C=C(C)CCC=C(C)CCC=P(c1ccccc1)(c1ccccc1)c1ccccc1. The number of allylic oxidation sites excluding steroid dienone is 3. The van der Waals surface area contributed by atoms with Crippen LogP contribution in [0.5, 0.6) is 0 Å². The molecule has 0 aliphatic heterocycles. The first kappa shape index (κ1) is 22.1. The maximum Gasteiger partial charge on any atom is -0.0163 e. The first-order valence-corrected chi connectivity index (χ1v) is 12.7. The van der Waals surface area contributed by atoms with Gasteiger partial charge in [-0.05, 0) is 62.3 Å². The van der Waals surface area contributed by atoms with E-state index in [2.05, 4.69) is 123 Å². The van der Waals surface area contributed by atoms with Gasteiger partial charge in [-0.2, -0.15) is 0 Å². The van der Waals surface area contributed by atoms with Crippen molar-refractivity contribution in [1.29, 1.82) is 0 Å². The summed E-state index contributed by atoms with van der Waals surface area (Å²) in [6.45, 7) is 6.57. The van der Waals surface area contributed by atoms with Gasteiger partial charge in [0.15, 0.2) is 0 Å². The smallest absolute Gasteiger partial charge is 0.0163 e. The molecule has 0 amide bonds. The lowest BCUT2D eigenvalue weighted by Crippen LogP contribution is -2.27. The van der Waals surface area contributed by atoms with Crippen molar-refractivity contribution >= 4 is 28.6 Å². The van der Waals surface area contributed by atoms with Crippen molar-refractivity contribution in [2.45, 2.75) is 39.5 Å². The third kappa shape index (κ3) is 5.53. The summed E-state index contributed by atoms with van der Waals surface area (Å²) >= 11 is 0. The average molecular weight is 413 g/mol. The van der Waals surface area contributed by atoms with Crippen LogP contribution in [0.4, 0.5) is 0 Å². The lowest BCUT2D eigenvalue weighted by atomic mass is 10.1. The molecule has 0 spiro atoms. The number of hydrogen-bond donors (Lipinski definition) is 0. The summed E-state index contributed by atoms with van der Waals surface area (Å²) in [5.74, 6) is 2.63. The summed E-state index contributed by atoms with van der Waals surface area (Å²) in [6, 6.07) is 33.2. The molecule has 30 heavy (non-hydrogen) atoms. The van der Waals surface area contributed by atoms with Gasteiger partial charge >= 0.3 is 0 Å². The molecule has 0 fully saturated rings. The topological polar surface area (TPSA) is 0 Å². The van der Waals surface area contributed by atoms with Crippen molar-refractivity contribution in [1.82, 2.24) is 0 Å². The van der Waals surface area contributed by atoms with E-state index in [1.807, 2.05) is 0 Å². The molecule has 0 radical (unpaired) electrons. The number of rotatable bonds is 9. The third-order valence-corrected chi connectivity index (χ3v) is 9.64. The Hall–Kier alpha value is -2.56. The molecule has 3 aromatic carbocycles. The molecule has 154 valence electrons. The molecule has 3 rings (SSSR count). The van der Waals surface area contributed by atoms with E-state index >= 15 is 0 Å². The Morgan fingerprint density at radius 3 is 1.50 bits per heavy atom. The van der Waals surface area contributed by atoms with Gasteiger partial charge < -0.3 is 0 Å². The van der Waals surface area contributed by atoms with Crippen molar-refractivity contribution in [3.05, 3.63) is 115 Å². The zero-order valence-corrected chi connectivity index (χ0v) is 19.2. The monoisotopic (exact) mass is 412 g/mol. The Bertz CT molecular complexity index is 908. The minimum absolute atomic E-state index is 1.07. The summed E-state index contributed by atoms with van der Waals surface area (Å²) in [7, 11) is 0. The Morgan fingerprint density at radius 2 is 1.10 bits per heavy atom. The summed E-state index contributed by atoms with van der Waals surface area (Å²) < 4.78 is 0. The van der Waals surface area contributed by atoms with E-state index in [1.54, 1.807) is 0 Å². The normalized spacial score (nSPS) is 11.9. The van der Waals surface area contributed by atoms with E-state index < -0.39 is 6.89 Å². The summed E-state index contributed by atoms with van der Waals surface area (Å²) in [6.07, 6.45) is 6.73. The second-order valence-corrected chi connectivity index (χ2v) is 11.4. The molecule has 0 aromatic heterocycles. The van der Waals surface area contributed by atoms with Gasteiger partial charge in [-0.15, -0.1) is 6.58 Å². The summed E-state index contributed by atoms with van der Waals surface area (Å²) in [4.78, 5) is 0. The quantitative estimate of drug-likeness (QED) is 0.266. The maximum absolute atomic E-state index is 4.02. The van der Waals surface area contributed by atoms with Gasteiger partial charge in [0.25, 0.3) is 0 Å². The van der Waals surface area contributed by atoms with Gasteiger partial charge in [0.05, 0.1) is 0 Å². The van der Waals surface area contributed by atoms with Crippen LogP contribution in [0.25, 0.3) is 0 Å². The number of hydrogen-bond acceptors (Lipinski definition) is 0. The Kier molecular flexibility index (Phi) is 8.12. The maximum atomic E-state index is 4.02. The second kappa shape index (κ2) is 11.0. The number of benzene rings is 3. The van der Waals surface area contributed by atoms with Crippen molar-refractivity contribution in [2.75, 3.05) is 0 Å². The van der Waals surface area contributed by atoms with Crippen LogP contribution in [-0.2, 0) is 0 Å². The van der Waals surface area contributed by atoms with Gasteiger partial charge in [-0.25, -0.2) is 0 Å². The van der Waals surface area contributed by atoms with Crippen LogP contribution >= 0.6 is 6.89 Å². The van der Waals surface area contributed by atoms with Gasteiger partial charge in [0.1, 0.15) is 0 Å². The fraction of sp³-hybridized carbons (Fsp3) is 0.207. The fourth-order valence-electron chi connectivity index (χ4n) is 3.91. The highest BCUT2D eigenvalue weighted by Gasteiger charge is 2.24. The van der Waals surface area contributed by atoms with Gasteiger partial charge in [0, 0.05) is 0 Å². The molecule has 0 heterocycles. The fourth-order valence-corrected chi connectivity index (χ4v) is 7.88. The van der Waals surface area contributed by atoms with Crippen molar-refractivity contribution in [3.8, 4) is 0 Å². The minimum atomic E-state index is -1.82. The predicted octanol–water partition coefficient (Wildman–Crippen LogP) is 6.87. The standard InChI is InChI=1S/C29H33P/c1-25(2)15-13-16-26(3)17-14-24-30(27-18-7-4-8-19-27,28-20-9-5-10-21-28)29-22-11-6-12-23-29/h4-12,16,18-24H,1,13-15,17H2,2-3H3. The predicted molar refractivity (Wildman–Crippen MR) is 138 cm³/mol. The van der Waals surface area contributed by atoms with Crippen LogP contribution in [0.1, 0.15) is 39.5 Å². The van der Waals surface area contributed by atoms with E-state index in [1.165, 1.54) is 27.1 Å². The highest BCUT2D eigenvalue weighted by Crippen LogP contribution is 2.44. The first-order chi connectivity index (χ1) is 14.6. The third-order valence-electron chi connectivity index (χ3n) is 5.50. The molecular weight excluding hydrogens is 379 g/mol. The second-order valence-electron chi connectivity index (χ2n) is 8.00. The highest BCUT2D eigenvalue weighted by molar-refractivity contribution is 7.94. The van der Waals surface area contributed by atoms with Crippen LogP contribution in [-0.4, -0.2) is 5.80 Å². The van der Waals surface area contributed by atoms with Crippen molar-refractivity contribution in [3.63, 3.8) is 0 Å². The highest BCUT2D eigenvalue weighted by atomic mass is 31.2. The molecule has 0 aliphatic carbocycles. The molecule has 0 saturated carbocycles. The van der Waals surface area contributed by atoms with Crippen LogP contribution in [0.15, 0.2) is 115 Å². The molecule has 0 atom stereocenters. The average Bonchev–Trinajstić information content (AvgIpc) is 2.78. The molecule has 0 saturated heterocycles. The van der Waals surface area contributed by atoms with Gasteiger partial charge in [-0.3, -0.25) is 0 Å². The van der Waals surface area contributed by atoms with Crippen LogP contribution < -0.4 is 15.9 Å². The van der Waals surface area contributed by atoms with Crippen LogP contribution in [0, 0.1) is 0 Å². The molecule has 0 N–H and O–H groups in total. The van der Waals surface area contributed by atoms with Crippen molar-refractivity contribution in [2.24, 2.45) is 0 Å². The molecule has 0 unspecified atom stereocenters. The largest absolute Gasteiger partial charge is 0.100 e. The van der Waals surface area contributed by atoms with Crippen LogP contribution in [0.2, 0.25) is 0 Å². The van der Waals surface area contributed by atoms with Crippen LogP contribution in [0.3, 0.4) is 0 Å². The zero-order valence-electron chi connectivity index (χ0n) is 18.3. The molecule has 3 aromatic rings. The van der Waals surface area contributed by atoms with Gasteiger partial charge in [0.2, 0.25) is 0 Å². The van der Waals surface area contributed by atoms with Crippen molar-refractivity contribution < 1.29 is 0 Å². The Balaban J connectivity index is 2.05. The molecular formula is C29H33P. The molecule has 0 nitrogen and oxygen atoms in total. The van der Waals surface area contributed by atoms with E-state index in [0.717, 1.165) is 25.7 Å². The molecule has 0 bridgehead atoms. The molecule has 0 aliphatic rings. The summed E-state index contributed by atoms with van der Waals surface area (Å²) in [5.41, 5.74) is 2.73. The van der Waals surface area contributed by atoms with E-state index in [4.69, 9.17) is 0 Å². The van der Waals surface area contributed by atoms with E-state index in [9.17, 15) is 0 Å². The first-order valence-electron chi connectivity index (χ1n) is 10.8. The minimum Gasteiger partial charge on any atom is -0.100 e. The zero-order chi connectivity index (χ0) is 21.2.